The molecule has 1 aliphatic heterocycles. The Labute approximate surface area is 109 Å². The molecular weight excluding hydrogens is 253 g/mol. The van der Waals surface area contributed by atoms with Crippen LogP contribution in [-0.2, 0) is 0 Å². The number of nitrogens with zero attached hydrogens (tertiary/aromatic N) is 2. The highest BCUT2D eigenvalue weighted by Crippen LogP contribution is 2.19. The first-order valence-corrected chi connectivity index (χ1v) is 5.92. The molecule has 0 spiro atoms. The van der Waals surface area contributed by atoms with Gasteiger partial charge in [-0.05, 0) is 19.0 Å². The fourth-order valence-electron chi connectivity index (χ4n) is 2.12. The maximum absolute atomic E-state index is 13.7. The van der Waals surface area contributed by atoms with Gasteiger partial charge >= 0.3 is 0 Å². The molecule has 1 amide bonds. The van der Waals surface area contributed by atoms with E-state index in [9.17, 15) is 19.3 Å². The first-order chi connectivity index (χ1) is 9.00. The van der Waals surface area contributed by atoms with Crippen LogP contribution in [0.5, 0.6) is 0 Å². The minimum absolute atomic E-state index is 0.0297. The SMILES string of the molecule is CN(C(=O)c1ccc([N+](=O)[O-])cc1F)C1CCNC1. The van der Waals surface area contributed by atoms with E-state index in [0.717, 1.165) is 31.2 Å². The second-order valence-electron chi connectivity index (χ2n) is 4.48. The Bertz CT molecular complexity index is 515. The number of rotatable bonds is 3. The van der Waals surface area contributed by atoms with Crippen LogP contribution >= 0.6 is 0 Å². The average Bonchev–Trinajstić information content (AvgIpc) is 2.90. The summed E-state index contributed by atoms with van der Waals surface area (Å²) in [5, 5.41) is 13.6. The first kappa shape index (κ1) is 13.4. The van der Waals surface area contributed by atoms with E-state index in [0.29, 0.717) is 6.54 Å². The molecule has 7 heteroatoms. The molecule has 0 bridgehead atoms. The molecule has 19 heavy (non-hydrogen) atoms. The number of likely N-dealkylation sites (N-methyl/N-ethyl adjacent to an activating group) is 1. The number of carbonyl (C=O) groups is 1. The molecule has 1 unspecified atom stereocenters. The lowest BCUT2D eigenvalue weighted by Crippen LogP contribution is -2.38. The molecule has 0 aliphatic carbocycles. The molecule has 1 N–H and O–H groups in total. The Morgan fingerprint density at radius 2 is 2.32 bits per heavy atom. The van der Waals surface area contributed by atoms with Crippen molar-refractivity contribution in [2.45, 2.75) is 12.5 Å². The van der Waals surface area contributed by atoms with Crippen LogP contribution in [0.4, 0.5) is 10.1 Å². The van der Waals surface area contributed by atoms with Gasteiger partial charge in [0.2, 0.25) is 0 Å². The molecule has 1 saturated heterocycles. The number of carbonyl (C=O) groups excluding carboxylic acids is 1. The van der Waals surface area contributed by atoms with Crippen LogP contribution in [0.2, 0.25) is 0 Å². The zero-order valence-electron chi connectivity index (χ0n) is 10.4. The molecule has 1 atom stereocenters. The summed E-state index contributed by atoms with van der Waals surface area (Å²) in [5.41, 5.74) is -0.501. The molecule has 1 aromatic carbocycles. The van der Waals surface area contributed by atoms with Crippen molar-refractivity contribution >= 4 is 11.6 Å². The van der Waals surface area contributed by atoms with Crippen LogP contribution in [0.15, 0.2) is 18.2 Å². The largest absolute Gasteiger partial charge is 0.337 e. The number of hydrogen-bond donors (Lipinski definition) is 1. The first-order valence-electron chi connectivity index (χ1n) is 5.92. The van der Waals surface area contributed by atoms with Crippen molar-refractivity contribution in [2.24, 2.45) is 0 Å². The van der Waals surface area contributed by atoms with Crippen LogP contribution in [0.25, 0.3) is 0 Å². The van der Waals surface area contributed by atoms with Crippen LogP contribution in [0.1, 0.15) is 16.8 Å². The molecule has 1 heterocycles. The summed E-state index contributed by atoms with van der Waals surface area (Å²) in [6, 6.07) is 3.10. The standard InChI is InChI=1S/C12H14FN3O3/c1-15(9-4-5-14-7-9)12(17)10-3-2-8(16(18)19)6-11(10)13/h2-3,6,9,14H,4-5,7H2,1H3. The van der Waals surface area contributed by atoms with Gasteiger partial charge in [-0.15, -0.1) is 0 Å². The normalized spacial score (nSPS) is 18.3. The summed E-state index contributed by atoms with van der Waals surface area (Å²) < 4.78 is 13.7. The van der Waals surface area contributed by atoms with Crippen molar-refractivity contribution in [3.05, 3.63) is 39.7 Å². The van der Waals surface area contributed by atoms with Crippen LogP contribution in [-0.4, -0.2) is 41.9 Å². The topological polar surface area (TPSA) is 75.5 Å². The van der Waals surface area contributed by atoms with Crippen molar-refractivity contribution in [1.82, 2.24) is 10.2 Å². The predicted octanol–water partition coefficient (Wildman–Crippen LogP) is 1.17. The summed E-state index contributed by atoms with van der Waals surface area (Å²) in [6.07, 6.45) is 0.816. The molecule has 0 saturated carbocycles. The van der Waals surface area contributed by atoms with Crippen LogP contribution in [0.3, 0.4) is 0 Å². The van der Waals surface area contributed by atoms with Gasteiger partial charge in [0.15, 0.2) is 0 Å². The number of nitro groups is 1. The van der Waals surface area contributed by atoms with Crippen molar-refractivity contribution < 1.29 is 14.1 Å². The van der Waals surface area contributed by atoms with Gasteiger partial charge in [-0.25, -0.2) is 4.39 Å². The van der Waals surface area contributed by atoms with Gasteiger partial charge in [0.1, 0.15) is 5.82 Å². The van der Waals surface area contributed by atoms with Crippen LogP contribution in [0, 0.1) is 15.9 Å². The molecule has 2 rings (SSSR count). The molecule has 1 fully saturated rings. The van der Waals surface area contributed by atoms with E-state index in [-0.39, 0.29) is 17.3 Å². The van der Waals surface area contributed by atoms with Crippen LogP contribution < -0.4 is 5.32 Å². The van der Waals surface area contributed by atoms with Gasteiger partial charge in [0.05, 0.1) is 16.6 Å². The maximum Gasteiger partial charge on any atom is 0.272 e. The van der Waals surface area contributed by atoms with E-state index in [2.05, 4.69) is 5.32 Å². The number of amides is 1. The monoisotopic (exact) mass is 267 g/mol. The molecule has 0 radical (unpaired) electrons. The fraction of sp³-hybridized carbons (Fsp3) is 0.417. The van der Waals surface area contributed by atoms with E-state index >= 15 is 0 Å². The molecular formula is C12H14FN3O3. The summed E-state index contributed by atoms with van der Waals surface area (Å²) >= 11 is 0. The molecule has 0 aromatic heterocycles. The second-order valence-corrected chi connectivity index (χ2v) is 4.48. The number of halogens is 1. The Morgan fingerprint density at radius 3 is 2.84 bits per heavy atom. The number of hydrogen-bond acceptors (Lipinski definition) is 4. The van der Waals surface area contributed by atoms with E-state index < -0.39 is 16.6 Å². The van der Waals surface area contributed by atoms with Gasteiger partial charge in [0, 0.05) is 25.7 Å². The Kier molecular flexibility index (Phi) is 3.75. The average molecular weight is 267 g/mol. The third kappa shape index (κ3) is 2.70. The maximum atomic E-state index is 13.7. The molecule has 6 nitrogen and oxygen atoms in total. The second kappa shape index (κ2) is 5.31. The summed E-state index contributed by atoms with van der Waals surface area (Å²) in [7, 11) is 1.61. The Hall–Kier alpha value is -2.02. The smallest absolute Gasteiger partial charge is 0.272 e. The Morgan fingerprint density at radius 1 is 1.58 bits per heavy atom. The quantitative estimate of drug-likeness (QED) is 0.659. The number of nitro benzene ring substituents is 1. The van der Waals surface area contributed by atoms with Crippen molar-refractivity contribution in [3.8, 4) is 0 Å². The lowest BCUT2D eigenvalue weighted by molar-refractivity contribution is -0.385. The minimum Gasteiger partial charge on any atom is -0.337 e. The highest BCUT2D eigenvalue weighted by atomic mass is 19.1. The zero-order valence-corrected chi connectivity index (χ0v) is 10.4. The zero-order chi connectivity index (χ0) is 14.0. The lowest BCUT2D eigenvalue weighted by atomic mass is 10.1. The van der Waals surface area contributed by atoms with Gasteiger partial charge in [-0.3, -0.25) is 14.9 Å². The highest BCUT2D eigenvalue weighted by molar-refractivity contribution is 5.94. The Balaban J connectivity index is 2.21. The minimum atomic E-state index is -0.864. The van der Waals surface area contributed by atoms with Gasteiger partial charge in [-0.2, -0.15) is 0 Å². The fourth-order valence-corrected chi connectivity index (χ4v) is 2.12. The van der Waals surface area contributed by atoms with Crippen molar-refractivity contribution in [3.63, 3.8) is 0 Å². The summed E-state index contributed by atoms with van der Waals surface area (Å²) in [5.74, 6) is -1.32. The van der Waals surface area contributed by atoms with Gasteiger partial charge in [0.25, 0.3) is 11.6 Å². The van der Waals surface area contributed by atoms with E-state index in [1.165, 1.54) is 4.90 Å². The number of non-ortho nitro benzene ring substituents is 1. The molecule has 1 aliphatic rings. The van der Waals surface area contributed by atoms with Gasteiger partial charge in [-0.1, -0.05) is 0 Å². The van der Waals surface area contributed by atoms with E-state index in [1.54, 1.807) is 7.05 Å². The van der Waals surface area contributed by atoms with Crippen molar-refractivity contribution in [2.75, 3.05) is 20.1 Å². The highest BCUT2D eigenvalue weighted by Gasteiger charge is 2.26. The van der Waals surface area contributed by atoms with Gasteiger partial charge < -0.3 is 10.2 Å². The summed E-state index contributed by atoms with van der Waals surface area (Å²) in [4.78, 5) is 23.4. The third-order valence-corrected chi connectivity index (χ3v) is 3.30. The molecule has 1 aromatic rings. The van der Waals surface area contributed by atoms with Crippen molar-refractivity contribution in [1.29, 1.82) is 0 Å². The van der Waals surface area contributed by atoms with E-state index in [4.69, 9.17) is 0 Å². The third-order valence-electron chi connectivity index (χ3n) is 3.30. The number of benzene rings is 1. The van der Waals surface area contributed by atoms with E-state index in [1.807, 2.05) is 0 Å². The number of nitrogens with one attached hydrogen (secondary N) is 1. The lowest BCUT2D eigenvalue weighted by Gasteiger charge is -2.23. The predicted molar refractivity (Wildman–Crippen MR) is 66.4 cm³/mol. The summed E-state index contributed by atoms with van der Waals surface area (Å²) in [6.45, 7) is 1.50. The molecule has 102 valence electrons.